The second-order valence-electron chi connectivity index (χ2n) is 5.93. The maximum absolute atomic E-state index is 12.5. The molecule has 1 aliphatic heterocycles. The number of aldehydes is 1. The Kier molecular flexibility index (Phi) is 3.70. The van der Waals surface area contributed by atoms with E-state index >= 15 is 0 Å². The third-order valence-corrected chi connectivity index (χ3v) is 4.39. The van der Waals surface area contributed by atoms with Crippen LogP contribution in [0.3, 0.4) is 0 Å². The normalized spacial score (nSPS) is 16.6. The minimum Gasteiger partial charge on any atom is -0.451 e. The lowest BCUT2D eigenvalue weighted by Crippen LogP contribution is -2.68. The lowest BCUT2D eigenvalue weighted by molar-refractivity contribution is -0.108. The fourth-order valence-corrected chi connectivity index (χ4v) is 3.07. The van der Waals surface area contributed by atoms with Crippen molar-refractivity contribution in [2.75, 3.05) is 13.1 Å². The van der Waals surface area contributed by atoms with Crippen LogP contribution in [0.2, 0.25) is 5.02 Å². The molecule has 1 saturated heterocycles. The topological polar surface area (TPSA) is 76.5 Å². The van der Waals surface area contributed by atoms with Crippen molar-refractivity contribution in [1.29, 1.82) is 0 Å². The molecule has 1 aromatic heterocycles. The highest BCUT2D eigenvalue weighted by Crippen LogP contribution is 2.31. The number of hydrogen-bond acceptors (Lipinski definition) is 4. The average molecular weight is 321 g/mol. The molecule has 1 aromatic carbocycles. The van der Waals surface area contributed by atoms with Crippen LogP contribution in [0, 0.1) is 6.92 Å². The average Bonchev–Trinajstić information content (AvgIpc) is 2.78. The Balaban J connectivity index is 1.79. The molecule has 0 unspecified atom stereocenters. The molecule has 0 saturated carbocycles. The Hall–Kier alpha value is -1.85. The number of nitrogens with zero attached hydrogens (tertiary/aromatic N) is 1. The van der Waals surface area contributed by atoms with E-state index in [1.165, 1.54) is 0 Å². The van der Waals surface area contributed by atoms with Crippen molar-refractivity contribution < 1.29 is 14.0 Å². The molecule has 1 fully saturated rings. The van der Waals surface area contributed by atoms with Crippen molar-refractivity contribution in [2.24, 2.45) is 5.73 Å². The third-order valence-electron chi connectivity index (χ3n) is 4.15. The molecule has 116 valence electrons. The van der Waals surface area contributed by atoms with Gasteiger partial charge < -0.3 is 19.8 Å². The van der Waals surface area contributed by atoms with Gasteiger partial charge in [0.2, 0.25) is 0 Å². The van der Waals surface area contributed by atoms with E-state index in [9.17, 15) is 9.59 Å². The molecule has 0 spiro atoms. The Morgan fingerprint density at radius 3 is 2.91 bits per heavy atom. The van der Waals surface area contributed by atoms with E-state index in [4.69, 9.17) is 21.8 Å². The van der Waals surface area contributed by atoms with Gasteiger partial charge >= 0.3 is 0 Å². The molecule has 2 N–H and O–H groups in total. The number of amides is 1. The highest BCUT2D eigenvalue weighted by Gasteiger charge is 2.42. The molecule has 1 aliphatic rings. The molecular weight excluding hydrogens is 304 g/mol. The smallest absolute Gasteiger partial charge is 0.290 e. The van der Waals surface area contributed by atoms with Crippen molar-refractivity contribution in [3.8, 4) is 0 Å². The first kappa shape index (κ1) is 15.1. The van der Waals surface area contributed by atoms with Crippen molar-refractivity contribution in [1.82, 2.24) is 4.90 Å². The molecule has 3 rings (SSSR count). The van der Waals surface area contributed by atoms with E-state index in [-0.39, 0.29) is 5.91 Å². The minimum absolute atomic E-state index is 0.169. The zero-order valence-electron chi connectivity index (χ0n) is 12.3. The number of halogens is 1. The van der Waals surface area contributed by atoms with Crippen LogP contribution >= 0.6 is 11.6 Å². The van der Waals surface area contributed by atoms with Crippen LogP contribution in [-0.2, 0) is 4.79 Å². The van der Waals surface area contributed by atoms with Gasteiger partial charge in [0.25, 0.3) is 5.91 Å². The van der Waals surface area contributed by atoms with Crippen LogP contribution < -0.4 is 5.73 Å². The molecule has 0 aliphatic carbocycles. The van der Waals surface area contributed by atoms with Crippen LogP contribution in [0.25, 0.3) is 11.0 Å². The number of aryl methyl sites for hydroxylation is 1. The monoisotopic (exact) mass is 320 g/mol. The van der Waals surface area contributed by atoms with Crippen molar-refractivity contribution in [3.63, 3.8) is 0 Å². The molecule has 1 amide bonds. The molecule has 0 atom stereocenters. The zero-order valence-corrected chi connectivity index (χ0v) is 13.0. The summed E-state index contributed by atoms with van der Waals surface area (Å²) in [6.07, 6.45) is 1.86. The molecule has 22 heavy (non-hydrogen) atoms. The second-order valence-corrected chi connectivity index (χ2v) is 6.36. The van der Waals surface area contributed by atoms with Gasteiger partial charge in [-0.05, 0) is 31.5 Å². The first-order valence-electron chi connectivity index (χ1n) is 7.14. The first-order chi connectivity index (χ1) is 10.4. The number of benzene rings is 1. The van der Waals surface area contributed by atoms with Gasteiger partial charge in [-0.1, -0.05) is 11.6 Å². The number of likely N-dealkylation sites (tertiary alicyclic amines) is 1. The van der Waals surface area contributed by atoms with E-state index in [0.717, 1.165) is 17.2 Å². The third kappa shape index (κ3) is 2.51. The summed E-state index contributed by atoms with van der Waals surface area (Å²) < 4.78 is 5.67. The summed E-state index contributed by atoms with van der Waals surface area (Å²) >= 11 is 5.98. The van der Waals surface area contributed by atoms with Gasteiger partial charge in [-0.25, -0.2) is 0 Å². The fraction of sp³-hybridized carbons (Fsp3) is 0.375. The summed E-state index contributed by atoms with van der Waals surface area (Å²) in [5.41, 5.74) is 7.10. The lowest BCUT2D eigenvalue weighted by Gasteiger charge is -2.47. The fourth-order valence-electron chi connectivity index (χ4n) is 2.90. The number of hydrogen-bond donors (Lipinski definition) is 1. The molecule has 2 aromatic rings. The van der Waals surface area contributed by atoms with Crippen LogP contribution in [0.4, 0.5) is 0 Å². The van der Waals surface area contributed by atoms with Crippen LogP contribution in [0.1, 0.15) is 29.0 Å². The Labute approximate surface area is 133 Å². The number of carbonyl (C=O) groups excluding carboxylic acids is 2. The SMILES string of the molecule is Cc1c(C(=O)N2CC(N)(CCC=O)C2)oc2ccc(Cl)cc12. The van der Waals surface area contributed by atoms with Gasteiger partial charge in [0.1, 0.15) is 11.9 Å². The summed E-state index contributed by atoms with van der Waals surface area (Å²) in [6, 6.07) is 5.28. The highest BCUT2D eigenvalue weighted by atomic mass is 35.5. The highest BCUT2D eigenvalue weighted by molar-refractivity contribution is 6.31. The summed E-state index contributed by atoms with van der Waals surface area (Å²) in [4.78, 5) is 24.6. The van der Waals surface area contributed by atoms with Gasteiger partial charge in [0.05, 0.1) is 5.54 Å². The Morgan fingerprint density at radius 1 is 1.50 bits per heavy atom. The number of furan rings is 1. The number of rotatable bonds is 4. The number of fused-ring (bicyclic) bond motifs is 1. The summed E-state index contributed by atoms with van der Waals surface area (Å²) in [5, 5.41) is 1.45. The molecule has 0 radical (unpaired) electrons. The molecule has 5 nitrogen and oxygen atoms in total. The van der Waals surface area contributed by atoms with Crippen LogP contribution in [-0.4, -0.2) is 35.7 Å². The predicted octanol–water partition coefficient (Wildman–Crippen LogP) is 2.53. The summed E-state index contributed by atoms with van der Waals surface area (Å²) in [7, 11) is 0. The summed E-state index contributed by atoms with van der Waals surface area (Å²) in [6.45, 7) is 2.73. The van der Waals surface area contributed by atoms with E-state index in [0.29, 0.717) is 42.3 Å². The van der Waals surface area contributed by atoms with E-state index in [2.05, 4.69) is 0 Å². The molecule has 2 heterocycles. The lowest BCUT2D eigenvalue weighted by atomic mass is 9.86. The largest absolute Gasteiger partial charge is 0.451 e. The molecule has 6 heteroatoms. The minimum atomic E-state index is -0.459. The van der Waals surface area contributed by atoms with E-state index in [1.807, 2.05) is 6.92 Å². The standard InChI is InChI=1S/C16H17ClN2O3/c1-10-12-7-11(17)3-4-13(12)22-14(10)15(21)19-8-16(18,9-19)5-2-6-20/h3-4,6-7H,2,5,8-9,18H2,1H3. The second kappa shape index (κ2) is 5.41. The van der Waals surface area contributed by atoms with Crippen LogP contribution in [0.15, 0.2) is 22.6 Å². The first-order valence-corrected chi connectivity index (χ1v) is 7.52. The number of nitrogens with two attached hydrogens (primary N) is 1. The summed E-state index contributed by atoms with van der Waals surface area (Å²) in [5.74, 6) is 0.159. The van der Waals surface area contributed by atoms with Crippen molar-refractivity contribution in [2.45, 2.75) is 25.3 Å². The van der Waals surface area contributed by atoms with Gasteiger partial charge in [0.15, 0.2) is 5.76 Å². The maximum Gasteiger partial charge on any atom is 0.290 e. The van der Waals surface area contributed by atoms with Crippen molar-refractivity contribution in [3.05, 3.63) is 34.5 Å². The molecule has 0 bridgehead atoms. The number of carbonyl (C=O) groups is 2. The van der Waals surface area contributed by atoms with Gasteiger partial charge in [-0.2, -0.15) is 0 Å². The Bertz CT molecular complexity index is 747. The van der Waals surface area contributed by atoms with Gasteiger partial charge in [-0.3, -0.25) is 4.79 Å². The van der Waals surface area contributed by atoms with E-state index < -0.39 is 5.54 Å². The quantitative estimate of drug-likeness (QED) is 0.878. The van der Waals surface area contributed by atoms with Gasteiger partial charge in [0, 0.05) is 35.5 Å². The zero-order chi connectivity index (χ0) is 15.9. The predicted molar refractivity (Wildman–Crippen MR) is 84.1 cm³/mol. The van der Waals surface area contributed by atoms with Crippen molar-refractivity contribution >= 4 is 34.8 Å². The maximum atomic E-state index is 12.5. The van der Waals surface area contributed by atoms with Crippen LogP contribution in [0.5, 0.6) is 0 Å². The van der Waals surface area contributed by atoms with E-state index in [1.54, 1.807) is 23.1 Å². The molecular formula is C16H17ClN2O3. The Morgan fingerprint density at radius 2 is 2.23 bits per heavy atom. The van der Waals surface area contributed by atoms with Gasteiger partial charge in [-0.15, -0.1) is 0 Å².